The molecule has 136 valence electrons. The summed E-state index contributed by atoms with van der Waals surface area (Å²) >= 11 is 0. The first-order valence-electron chi connectivity index (χ1n) is 8.06. The van der Waals surface area contributed by atoms with Crippen molar-refractivity contribution in [3.63, 3.8) is 0 Å². The Morgan fingerprint density at radius 3 is 2.50 bits per heavy atom. The highest BCUT2D eigenvalue weighted by Crippen LogP contribution is 2.15. The summed E-state index contributed by atoms with van der Waals surface area (Å²) in [6.07, 6.45) is 1.90. The van der Waals surface area contributed by atoms with E-state index in [2.05, 4.69) is 16.3 Å². The number of amides is 1. The standard InChI is InChI=1S/C18H19F2N5O/c19-14-7-4-8-15(20)13(14)10-25-11-17(23-24-25)22-18(26)16(21)9-12-5-2-1-3-6-12/h1-8,11,16,23-24H,9-10,21H2,(H,22,26)/t16-/m1/s1. The molecule has 0 radical (unpaired) electrons. The van der Waals surface area contributed by atoms with E-state index < -0.39 is 17.7 Å². The minimum absolute atomic E-state index is 0.0546. The Kier molecular flexibility index (Phi) is 5.45. The lowest BCUT2D eigenvalue weighted by atomic mass is 10.1. The molecule has 0 unspecified atom stereocenters. The fraction of sp³-hybridized carbons (Fsp3) is 0.167. The van der Waals surface area contributed by atoms with Gasteiger partial charge in [0.15, 0.2) is 0 Å². The summed E-state index contributed by atoms with van der Waals surface area (Å²) in [5, 5.41) is 4.05. The van der Waals surface area contributed by atoms with Gasteiger partial charge in [0.1, 0.15) is 17.5 Å². The lowest BCUT2D eigenvalue weighted by Crippen LogP contribution is -2.45. The van der Waals surface area contributed by atoms with E-state index in [9.17, 15) is 13.6 Å². The maximum Gasteiger partial charge on any atom is 0.242 e. The van der Waals surface area contributed by atoms with Crippen LogP contribution in [-0.4, -0.2) is 17.0 Å². The molecule has 0 saturated heterocycles. The van der Waals surface area contributed by atoms with E-state index in [-0.39, 0.29) is 18.0 Å². The Labute approximate surface area is 149 Å². The molecular weight excluding hydrogens is 340 g/mol. The molecule has 1 aliphatic heterocycles. The van der Waals surface area contributed by atoms with Gasteiger partial charge in [0, 0.05) is 5.56 Å². The summed E-state index contributed by atoms with van der Waals surface area (Å²) in [6, 6.07) is 12.4. The van der Waals surface area contributed by atoms with Gasteiger partial charge < -0.3 is 11.1 Å². The maximum atomic E-state index is 13.7. The second-order valence-corrected chi connectivity index (χ2v) is 5.89. The second-order valence-electron chi connectivity index (χ2n) is 5.89. The number of hydrogen-bond donors (Lipinski definition) is 4. The van der Waals surface area contributed by atoms with E-state index in [1.807, 2.05) is 30.3 Å². The van der Waals surface area contributed by atoms with Gasteiger partial charge in [-0.1, -0.05) is 36.4 Å². The van der Waals surface area contributed by atoms with Crippen LogP contribution in [0, 0.1) is 11.6 Å². The summed E-state index contributed by atoms with van der Waals surface area (Å²) in [7, 11) is 0. The van der Waals surface area contributed by atoms with Gasteiger partial charge >= 0.3 is 0 Å². The fourth-order valence-electron chi connectivity index (χ4n) is 2.54. The number of nitrogens with one attached hydrogen (secondary N) is 3. The van der Waals surface area contributed by atoms with Crippen molar-refractivity contribution in [2.45, 2.75) is 19.0 Å². The van der Waals surface area contributed by atoms with Crippen LogP contribution in [0.1, 0.15) is 11.1 Å². The average molecular weight is 359 g/mol. The van der Waals surface area contributed by atoms with Crippen LogP contribution < -0.4 is 22.0 Å². The largest absolute Gasteiger partial charge is 0.320 e. The molecular formula is C18H19F2N5O. The zero-order valence-electron chi connectivity index (χ0n) is 13.9. The number of carbonyl (C=O) groups is 1. The van der Waals surface area contributed by atoms with Crippen molar-refractivity contribution in [3.8, 4) is 0 Å². The maximum absolute atomic E-state index is 13.7. The number of benzene rings is 2. The minimum atomic E-state index is -0.724. The molecule has 0 spiro atoms. The third-order valence-corrected chi connectivity index (χ3v) is 3.90. The van der Waals surface area contributed by atoms with Crippen LogP contribution in [0.15, 0.2) is 60.6 Å². The molecule has 5 N–H and O–H groups in total. The molecule has 2 aromatic carbocycles. The first-order valence-corrected chi connectivity index (χ1v) is 8.06. The first-order chi connectivity index (χ1) is 12.5. The Bertz CT molecular complexity index is 792. The van der Waals surface area contributed by atoms with E-state index >= 15 is 0 Å². The highest BCUT2D eigenvalue weighted by Gasteiger charge is 2.20. The minimum Gasteiger partial charge on any atom is -0.320 e. The zero-order valence-corrected chi connectivity index (χ0v) is 13.9. The second kappa shape index (κ2) is 7.94. The number of nitrogens with zero attached hydrogens (tertiary/aromatic N) is 1. The van der Waals surface area contributed by atoms with Crippen molar-refractivity contribution in [2.75, 3.05) is 0 Å². The van der Waals surface area contributed by atoms with Crippen molar-refractivity contribution in [1.82, 2.24) is 21.3 Å². The van der Waals surface area contributed by atoms with Gasteiger partial charge in [-0.3, -0.25) is 15.2 Å². The van der Waals surface area contributed by atoms with Gasteiger partial charge in [0.05, 0.1) is 18.8 Å². The van der Waals surface area contributed by atoms with Crippen molar-refractivity contribution < 1.29 is 13.6 Å². The van der Waals surface area contributed by atoms with E-state index in [1.54, 1.807) is 0 Å². The van der Waals surface area contributed by atoms with Crippen LogP contribution in [0.25, 0.3) is 0 Å². The van der Waals surface area contributed by atoms with Gasteiger partial charge in [0.25, 0.3) is 0 Å². The topological polar surface area (TPSA) is 82.4 Å². The molecule has 0 fully saturated rings. The highest BCUT2D eigenvalue weighted by atomic mass is 19.1. The lowest BCUT2D eigenvalue weighted by Gasteiger charge is -2.15. The van der Waals surface area contributed by atoms with Crippen molar-refractivity contribution in [2.24, 2.45) is 5.73 Å². The van der Waals surface area contributed by atoms with E-state index in [1.165, 1.54) is 29.4 Å². The molecule has 26 heavy (non-hydrogen) atoms. The molecule has 0 aliphatic carbocycles. The van der Waals surface area contributed by atoms with Crippen LogP contribution in [0.3, 0.4) is 0 Å². The summed E-state index contributed by atoms with van der Waals surface area (Å²) in [5.74, 6) is -1.30. The Balaban J connectivity index is 1.57. The van der Waals surface area contributed by atoms with Gasteiger partial charge in [-0.05, 0) is 24.1 Å². The summed E-state index contributed by atoms with van der Waals surface area (Å²) < 4.78 is 27.4. The predicted molar refractivity (Wildman–Crippen MR) is 92.5 cm³/mol. The molecule has 1 heterocycles. The first kappa shape index (κ1) is 17.8. The number of rotatable bonds is 6. The third kappa shape index (κ3) is 4.35. The third-order valence-electron chi connectivity index (χ3n) is 3.90. The van der Waals surface area contributed by atoms with Gasteiger partial charge in [0.2, 0.25) is 5.91 Å². The summed E-state index contributed by atoms with van der Waals surface area (Å²) in [4.78, 5) is 12.2. The molecule has 1 amide bonds. The van der Waals surface area contributed by atoms with Crippen molar-refractivity contribution in [3.05, 3.63) is 83.3 Å². The molecule has 0 saturated carbocycles. The SMILES string of the molecule is N[C@H](Cc1ccccc1)C(=O)NC1=CN(Cc2c(F)cccc2F)NN1. The van der Waals surface area contributed by atoms with Crippen molar-refractivity contribution >= 4 is 5.91 Å². The van der Waals surface area contributed by atoms with E-state index in [0.717, 1.165) is 5.56 Å². The molecule has 0 bridgehead atoms. The monoisotopic (exact) mass is 359 g/mol. The van der Waals surface area contributed by atoms with Crippen LogP contribution in [0.2, 0.25) is 0 Å². The van der Waals surface area contributed by atoms with Gasteiger partial charge in [-0.15, -0.1) is 5.53 Å². The average Bonchev–Trinajstić information content (AvgIpc) is 3.06. The molecule has 6 nitrogen and oxygen atoms in total. The number of halogens is 2. The quantitative estimate of drug-likeness (QED) is 0.625. The predicted octanol–water partition coefficient (Wildman–Crippen LogP) is 1.27. The zero-order chi connectivity index (χ0) is 18.5. The van der Waals surface area contributed by atoms with Crippen LogP contribution in [0.5, 0.6) is 0 Å². The van der Waals surface area contributed by atoms with E-state index in [4.69, 9.17) is 5.73 Å². The number of hydrazine groups is 2. The molecule has 0 aromatic heterocycles. The van der Waals surface area contributed by atoms with Crippen molar-refractivity contribution in [1.29, 1.82) is 0 Å². The normalized spacial score (nSPS) is 14.6. The number of nitrogens with two attached hydrogens (primary N) is 1. The molecule has 3 rings (SSSR count). The molecule has 1 atom stereocenters. The molecule has 2 aromatic rings. The Morgan fingerprint density at radius 2 is 1.81 bits per heavy atom. The van der Waals surface area contributed by atoms with Crippen LogP contribution >= 0.6 is 0 Å². The number of carbonyl (C=O) groups excluding carboxylic acids is 1. The van der Waals surface area contributed by atoms with Crippen LogP contribution in [0.4, 0.5) is 8.78 Å². The highest BCUT2D eigenvalue weighted by molar-refractivity contribution is 5.83. The van der Waals surface area contributed by atoms with E-state index in [0.29, 0.717) is 12.2 Å². The van der Waals surface area contributed by atoms with Gasteiger partial charge in [-0.2, -0.15) is 0 Å². The summed E-state index contributed by atoms with van der Waals surface area (Å²) in [6.45, 7) is -0.0546. The molecule has 8 heteroatoms. The Hall–Kier alpha value is -2.97. The summed E-state index contributed by atoms with van der Waals surface area (Å²) in [5.41, 5.74) is 12.2. The molecule has 1 aliphatic rings. The Morgan fingerprint density at radius 1 is 1.12 bits per heavy atom. The number of hydrogen-bond acceptors (Lipinski definition) is 5. The van der Waals surface area contributed by atoms with Gasteiger partial charge in [-0.25, -0.2) is 8.78 Å². The van der Waals surface area contributed by atoms with Crippen LogP contribution in [-0.2, 0) is 17.8 Å². The smallest absolute Gasteiger partial charge is 0.242 e. The lowest BCUT2D eigenvalue weighted by molar-refractivity contribution is -0.121. The fourth-order valence-corrected chi connectivity index (χ4v) is 2.54.